The number of carbonyl (C=O) groups is 1. The van der Waals surface area contributed by atoms with Gasteiger partial charge in [-0.2, -0.15) is 4.98 Å². The molecule has 1 amide bonds. The Morgan fingerprint density at radius 2 is 2.00 bits per heavy atom. The van der Waals surface area contributed by atoms with Gasteiger partial charge < -0.3 is 15.1 Å². The lowest BCUT2D eigenvalue weighted by molar-refractivity contribution is 0.0740. The van der Waals surface area contributed by atoms with Crippen LogP contribution in [0, 0.1) is 6.92 Å². The van der Waals surface area contributed by atoms with Crippen LogP contribution in [0.5, 0.6) is 0 Å². The number of rotatable bonds is 4. The quantitative estimate of drug-likeness (QED) is 0.862. The largest absolute Gasteiger partial charge is 0.370 e. The number of nitrogens with one attached hydrogen (secondary N) is 1. The molecule has 1 N–H and O–H groups in total. The average molecular weight is 330 g/mol. The van der Waals surface area contributed by atoms with Gasteiger partial charge in [-0.05, 0) is 13.8 Å². The zero-order valence-electron chi connectivity index (χ0n) is 14.2. The van der Waals surface area contributed by atoms with Crippen molar-refractivity contribution in [3.63, 3.8) is 0 Å². The van der Waals surface area contributed by atoms with Crippen molar-refractivity contribution in [2.24, 2.45) is 7.05 Å². The van der Waals surface area contributed by atoms with Crippen LogP contribution in [-0.4, -0.2) is 68.5 Å². The van der Waals surface area contributed by atoms with Gasteiger partial charge in [0.1, 0.15) is 5.82 Å². The summed E-state index contributed by atoms with van der Waals surface area (Å²) in [6.45, 7) is 7.43. The highest BCUT2D eigenvalue weighted by atomic mass is 16.2. The number of amides is 1. The summed E-state index contributed by atoms with van der Waals surface area (Å²) in [4.78, 5) is 25.4. The summed E-state index contributed by atoms with van der Waals surface area (Å²) in [5.74, 6) is 1.46. The van der Waals surface area contributed by atoms with Gasteiger partial charge >= 0.3 is 0 Å². The molecule has 24 heavy (non-hydrogen) atoms. The third-order valence-electron chi connectivity index (χ3n) is 3.87. The third-order valence-corrected chi connectivity index (χ3v) is 3.87. The van der Waals surface area contributed by atoms with E-state index < -0.39 is 0 Å². The molecule has 1 saturated heterocycles. The van der Waals surface area contributed by atoms with Crippen LogP contribution < -0.4 is 10.2 Å². The topological polar surface area (TPSA) is 92.1 Å². The number of nitrogens with zero attached hydrogens (tertiary/aromatic N) is 7. The van der Waals surface area contributed by atoms with Gasteiger partial charge in [-0.25, -0.2) is 4.98 Å². The molecule has 0 unspecified atom stereocenters. The molecule has 1 fully saturated rings. The molecule has 0 saturated carbocycles. The number of aryl methyl sites for hydroxylation is 2. The van der Waals surface area contributed by atoms with Crippen molar-refractivity contribution >= 4 is 17.7 Å². The number of hydrogen-bond acceptors (Lipinski definition) is 7. The van der Waals surface area contributed by atoms with Crippen molar-refractivity contribution in [1.29, 1.82) is 0 Å². The van der Waals surface area contributed by atoms with Gasteiger partial charge in [0, 0.05) is 51.5 Å². The monoisotopic (exact) mass is 330 g/mol. The second kappa shape index (κ2) is 6.81. The van der Waals surface area contributed by atoms with Gasteiger partial charge in [-0.3, -0.25) is 9.48 Å². The minimum Gasteiger partial charge on any atom is -0.370 e. The van der Waals surface area contributed by atoms with Gasteiger partial charge in [-0.15, -0.1) is 5.10 Å². The van der Waals surface area contributed by atoms with E-state index in [1.807, 2.05) is 19.9 Å². The Kier molecular flexibility index (Phi) is 4.59. The molecular weight excluding hydrogens is 308 g/mol. The minimum absolute atomic E-state index is 0.0822. The highest BCUT2D eigenvalue weighted by molar-refractivity contribution is 5.92. The lowest BCUT2D eigenvalue weighted by Gasteiger charge is -2.34. The van der Waals surface area contributed by atoms with Crippen LogP contribution in [0.1, 0.15) is 23.1 Å². The van der Waals surface area contributed by atoms with Crippen molar-refractivity contribution in [2.45, 2.75) is 13.8 Å². The summed E-state index contributed by atoms with van der Waals surface area (Å²) in [6.07, 6.45) is 1.64. The molecule has 128 valence electrons. The van der Waals surface area contributed by atoms with E-state index in [-0.39, 0.29) is 5.91 Å². The van der Waals surface area contributed by atoms with E-state index in [0.29, 0.717) is 37.8 Å². The van der Waals surface area contributed by atoms with Crippen LogP contribution in [0.3, 0.4) is 0 Å². The average Bonchev–Trinajstić information content (AvgIpc) is 3.00. The molecule has 3 rings (SSSR count). The summed E-state index contributed by atoms with van der Waals surface area (Å²) in [6, 6.07) is 1.93. The van der Waals surface area contributed by atoms with E-state index in [1.165, 1.54) is 4.68 Å². The fourth-order valence-electron chi connectivity index (χ4n) is 2.68. The maximum atomic E-state index is 12.4. The first-order chi connectivity index (χ1) is 11.6. The van der Waals surface area contributed by atoms with Crippen LogP contribution >= 0.6 is 0 Å². The molecule has 0 aliphatic carbocycles. The minimum atomic E-state index is -0.0822. The lowest BCUT2D eigenvalue weighted by Crippen LogP contribution is -2.49. The Bertz CT molecular complexity index is 720. The van der Waals surface area contributed by atoms with Crippen molar-refractivity contribution in [3.8, 4) is 0 Å². The van der Waals surface area contributed by atoms with Gasteiger partial charge in [-0.1, -0.05) is 5.21 Å². The molecule has 2 aromatic rings. The highest BCUT2D eigenvalue weighted by Crippen LogP contribution is 2.16. The Hall–Kier alpha value is -2.71. The van der Waals surface area contributed by atoms with Crippen molar-refractivity contribution < 1.29 is 4.79 Å². The van der Waals surface area contributed by atoms with Gasteiger partial charge in [0.2, 0.25) is 5.95 Å². The van der Waals surface area contributed by atoms with Crippen LogP contribution in [0.25, 0.3) is 0 Å². The number of anilines is 2. The van der Waals surface area contributed by atoms with E-state index in [1.54, 1.807) is 18.1 Å². The Labute approximate surface area is 140 Å². The molecule has 0 aromatic carbocycles. The first-order valence-corrected chi connectivity index (χ1v) is 8.07. The zero-order chi connectivity index (χ0) is 17.1. The fourth-order valence-corrected chi connectivity index (χ4v) is 2.68. The van der Waals surface area contributed by atoms with E-state index in [9.17, 15) is 4.79 Å². The first kappa shape index (κ1) is 16.2. The van der Waals surface area contributed by atoms with Crippen molar-refractivity contribution in [1.82, 2.24) is 29.9 Å². The molecular formula is C15H22N8O. The molecule has 9 nitrogen and oxygen atoms in total. The maximum Gasteiger partial charge on any atom is 0.276 e. The summed E-state index contributed by atoms with van der Waals surface area (Å²) < 4.78 is 1.53. The van der Waals surface area contributed by atoms with Gasteiger partial charge in [0.15, 0.2) is 5.69 Å². The molecule has 0 atom stereocenters. The third kappa shape index (κ3) is 3.44. The van der Waals surface area contributed by atoms with E-state index >= 15 is 0 Å². The SMILES string of the molecule is CCNc1cc(C)nc(N2CCN(C(=O)c3cn(C)nn3)CC2)n1. The van der Waals surface area contributed by atoms with Crippen molar-refractivity contribution in [2.75, 3.05) is 42.9 Å². The normalized spacial score (nSPS) is 14.8. The number of aromatic nitrogens is 5. The predicted molar refractivity (Wildman–Crippen MR) is 90.1 cm³/mol. The zero-order valence-corrected chi connectivity index (χ0v) is 14.2. The molecule has 1 aliphatic rings. The molecule has 0 bridgehead atoms. The summed E-state index contributed by atoms with van der Waals surface area (Å²) >= 11 is 0. The van der Waals surface area contributed by atoms with Crippen molar-refractivity contribution in [3.05, 3.63) is 23.7 Å². The van der Waals surface area contributed by atoms with Crippen LogP contribution in [0.2, 0.25) is 0 Å². The Morgan fingerprint density at radius 3 is 2.62 bits per heavy atom. The summed E-state index contributed by atoms with van der Waals surface area (Å²) in [7, 11) is 1.75. The van der Waals surface area contributed by atoms with E-state index in [2.05, 4.69) is 30.5 Å². The smallest absolute Gasteiger partial charge is 0.276 e. The number of hydrogen-bond donors (Lipinski definition) is 1. The molecule has 0 spiro atoms. The Morgan fingerprint density at radius 1 is 1.25 bits per heavy atom. The van der Waals surface area contributed by atoms with Crippen LogP contribution in [0.4, 0.5) is 11.8 Å². The predicted octanol–water partition coefficient (Wildman–Crippen LogP) is 0.308. The Balaban J connectivity index is 1.65. The first-order valence-electron chi connectivity index (χ1n) is 8.07. The summed E-state index contributed by atoms with van der Waals surface area (Å²) in [5.41, 5.74) is 1.31. The van der Waals surface area contributed by atoms with Crippen LogP contribution in [0.15, 0.2) is 12.3 Å². The van der Waals surface area contributed by atoms with E-state index in [0.717, 1.165) is 18.1 Å². The molecule has 3 heterocycles. The van der Waals surface area contributed by atoms with E-state index in [4.69, 9.17) is 0 Å². The molecule has 9 heteroatoms. The molecule has 2 aromatic heterocycles. The van der Waals surface area contributed by atoms with Crippen LogP contribution in [-0.2, 0) is 7.05 Å². The number of carbonyl (C=O) groups excluding carboxylic acids is 1. The van der Waals surface area contributed by atoms with Gasteiger partial charge in [0.05, 0.1) is 6.20 Å². The summed E-state index contributed by atoms with van der Waals surface area (Å²) in [5, 5.41) is 10.9. The highest BCUT2D eigenvalue weighted by Gasteiger charge is 2.25. The fraction of sp³-hybridized carbons (Fsp3) is 0.533. The second-order valence-corrected chi connectivity index (χ2v) is 5.78. The maximum absolute atomic E-state index is 12.4. The lowest BCUT2D eigenvalue weighted by atomic mass is 10.3. The standard InChI is InChI=1S/C15H22N8O/c1-4-16-13-9-11(2)17-15(18-13)23-7-5-22(6-8-23)14(24)12-10-21(3)20-19-12/h9-10H,4-8H2,1-3H3,(H,16,17,18). The number of piperazine rings is 1. The van der Waals surface area contributed by atoms with Gasteiger partial charge in [0.25, 0.3) is 5.91 Å². The second-order valence-electron chi connectivity index (χ2n) is 5.78. The molecule has 0 radical (unpaired) electrons. The molecule has 1 aliphatic heterocycles.